The van der Waals surface area contributed by atoms with E-state index >= 15 is 0 Å². The average Bonchev–Trinajstić information content (AvgIpc) is 2.54. The van der Waals surface area contributed by atoms with Crippen molar-refractivity contribution in [3.05, 3.63) is 53.6 Å². The molecule has 2 aliphatic rings. The topological polar surface area (TPSA) is 35.6 Å². The van der Waals surface area contributed by atoms with Crippen LogP contribution in [0.2, 0.25) is 0 Å². The zero-order valence-electron chi connectivity index (χ0n) is 14.8. The summed E-state index contributed by atoms with van der Waals surface area (Å²) in [5.74, 6) is 0. The van der Waals surface area contributed by atoms with Crippen LogP contribution in [0.25, 0.3) is 0 Å². The first-order chi connectivity index (χ1) is 11.5. The number of piperazine rings is 1. The quantitative estimate of drug-likeness (QED) is 0.897. The van der Waals surface area contributed by atoms with Crippen molar-refractivity contribution in [2.24, 2.45) is 0 Å². The normalized spacial score (nSPS) is 24.6. The smallest absolute Gasteiger partial charge is 0.321 e. The molecule has 1 N–H and O–H groups in total. The van der Waals surface area contributed by atoms with Gasteiger partial charge in [-0.3, -0.25) is 4.90 Å². The molecule has 1 aromatic carbocycles. The number of carbonyl (C=O) groups is 1. The fraction of sp³-hybridized carbons (Fsp3) is 0.450. The van der Waals surface area contributed by atoms with Crippen LogP contribution in [0.4, 0.5) is 10.5 Å². The summed E-state index contributed by atoms with van der Waals surface area (Å²) < 4.78 is 0. The summed E-state index contributed by atoms with van der Waals surface area (Å²) in [7, 11) is 0. The molecule has 1 aliphatic heterocycles. The minimum atomic E-state index is 0.00219. The summed E-state index contributed by atoms with van der Waals surface area (Å²) in [4.78, 5) is 17.0. The van der Waals surface area contributed by atoms with Crippen molar-refractivity contribution in [3.63, 3.8) is 0 Å². The Morgan fingerprint density at radius 2 is 2.08 bits per heavy atom. The van der Waals surface area contributed by atoms with Crippen molar-refractivity contribution in [1.82, 2.24) is 9.80 Å². The van der Waals surface area contributed by atoms with Crippen LogP contribution in [0.1, 0.15) is 25.8 Å². The molecule has 4 nitrogen and oxygen atoms in total. The number of allylic oxidation sites excluding steroid dienone is 2. The van der Waals surface area contributed by atoms with Gasteiger partial charge in [0, 0.05) is 37.4 Å². The lowest BCUT2D eigenvalue weighted by atomic mass is 9.98. The van der Waals surface area contributed by atoms with E-state index in [-0.39, 0.29) is 6.03 Å². The van der Waals surface area contributed by atoms with Crippen LogP contribution < -0.4 is 5.32 Å². The molecule has 0 saturated carbocycles. The monoisotopic (exact) mass is 325 g/mol. The van der Waals surface area contributed by atoms with E-state index < -0.39 is 0 Å². The lowest BCUT2D eigenvalue weighted by Gasteiger charge is -2.43. The van der Waals surface area contributed by atoms with Gasteiger partial charge in [-0.2, -0.15) is 0 Å². The summed E-state index contributed by atoms with van der Waals surface area (Å²) >= 11 is 0. The van der Waals surface area contributed by atoms with E-state index in [1.807, 2.05) is 36.1 Å². The number of aryl methyl sites for hydroxylation is 1. The van der Waals surface area contributed by atoms with Gasteiger partial charge in [-0.1, -0.05) is 35.9 Å². The molecular weight excluding hydrogens is 298 g/mol. The van der Waals surface area contributed by atoms with E-state index in [4.69, 9.17) is 0 Å². The van der Waals surface area contributed by atoms with Crippen molar-refractivity contribution in [2.75, 3.05) is 25.0 Å². The number of amides is 2. The minimum Gasteiger partial charge on any atom is -0.322 e. The Kier molecular flexibility index (Phi) is 5.05. The highest BCUT2D eigenvalue weighted by Crippen LogP contribution is 2.22. The molecule has 0 radical (unpaired) electrons. The predicted octanol–water partition coefficient (Wildman–Crippen LogP) is 3.81. The van der Waals surface area contributed by atoms with E-state index in [0.29, 0.717) is 12.1 Å². The Hall–Kier alpha value is -2.07. The van der Waals surface area contributed by atoms with Gasteiger partial charge in [0.2, 0.25) is 0 Å². The van der Waals surface area contributed by atoms with Crippen LogP contribution in [0.3, 0.4) is 0 Å². The van der Waals surface area contributed by atoms with Gasteiger partial charge in [0.05, 0.1) is 0 Å². The van der Waals surface area contributed by atoms with E-state index in [2.05, 4.69) is 42.3 Å². The number of nitrogens with zero attached hydrogens (tertiary/aromatic N) is 2. The van der Waals surface area contributed by atoms with E-state index in [1.165, 1.54) is 5.57 Å². The third-order valence-electron chi connectivity index (χ3n) is 4.91. The molecule has 3 rings (SSSR count). The molecule has 2 amide bonds. The number of anilines is 1. The molecule has 1 saturated heterocycles. The molecule has 128 valence electrons. The highest BCUT2D eigenvalue weighted by atomic mass is 16.2. The highest BCUT2D eigenvalue weighted by Gasteiger charge is 2.30. The van der Waals surface area contributed by atoms with Crippen LogP contribution in [0, 0.1) is 6.92 Å². The molecule has 2 atom stereocenters. The van der Waals surface area contributed by atoms with Crippen LogP contribution in [-0.2, 0) is 0 Å². The fourth-order valence-corrected chi connectivity index (χ4v) is 3.62. The maximum absolute atomic E-state index is 12.5. The van der Waals surface area contributed by atoms with Gasteiger partial charge < -0.3 is 10.2 Å². The SMILES string of the molecule is CC1=CC=CC(N2CCN(C(=O)Nc3cccc(C)c3)C[C@H]2C)C1. The molecule has 24 heavy (non-hydrogen) atoms. The van der Waals surface area contributed by atoms with Gasteiger partial charge in [0.25, 0.3) is 0 Å². The standard InChI is InChI=1S/C20H27N3O/c1-15-6-4-8-18(12-15)21-20(24)22-10-11-23(17(3)14-22)19-9-5-7-16(2)13-19/h4-9,12,17,19H,10-11,13-14H2,1-3H3,(H,21,24)/t17-,19?/m1/s1. The molecule has 0 spiro atoms. The predicted molar refractivity (Wildman–Crippen MR) is 99.2 cm³/mol. The Labute approximate surface area is 144 Å². The Bertz CT molecular complexity index is 665. The molecule has 1 aromatic rings. The van der Waals surface area contributed by atoms with Crippen molar-refractivity contribution in [2.45, 2.75) is 39.3 Å². The second-order valence-corrected chi connectivity index (χ2v) is 7.00. The van der Waals surface area contributed by atoms with Crippen molar-refractivity contribution in [1.29, 1.82) is 0 Å². The van der Waals surface area contributed by atoms with E-state index in [0.717, 1.165) is 37.3 Å². The lowest BCUT2D eigenvalue weighted by molar-refractivity contribution is 0.0817. The largest absolute Gasteiger partial charge is 0.322 e. The van der Waals surface area contributed by atoms with E-state index in [9.17, 15) is 4.79 Å². The molecule has 1 heterocycles. The lowest BCUT2D eigenvalue weighted by Crippen LogP contribution is -2.57. The Morgan fingerprint density at radius 3 is 2.79 bits per heavy atom. The first kappa shape index (κ1) is 16.8. The number of rotatable bonds is 2. The Morgan fingerprint density at radius 1 is 1.25 bits per heavy atom. The van der Waals surface area contributed by atoms with Crippen LogP contribution in [0.5, 0.6) is 0 Å². The zero-order chi connectivity index (χ0) is 17.1. The number of nitrogens with one attached hydrogen (secondary N) is 1. The van der Waals surface area contributed by atoms with Gasteiger partial charge in [-0.15, -0.1) is 0 Å². The van der Waals surface area contributed by atoms with Crippen LogP contribution in [-0.4, -0.2) is 47.5 Å². The number of hydrogen-bond acceptors (Lipinski definition) is 2. The summed E-state index contributed by atoms with van der Waals surface area (Å²) in [5, 5.41) is 3.02. The third kappa shape index (κ3) is 3.88. The zero-order valence-corrected chi connectivity index (χ0v) is 14.8. The minimum absolute atomic E-state index is 0.00219. The molecule has 1 fully saturated rings. The van der Waals surface area contributed by atoms with Gasteiger partial charge in [0.15, 0.2) is 0 Å². The molecule has 0 bridgehead atoms. The highest BCUT2D eigenvalue weighted by molar-refractivity contribution is 5.89. The van der Waals surface area contributed by atoms with Gasteiger partial charge >= 0.3 is 6.03 Å². The van der Waals surface area contributed by atoms with Crippen LogP contribution >= 0.6 is 0 Å². The van der Waals surface area contributed by atoms with Gasteiger partial charge in [0.1, 0.15) is 0 Å². The Balaban J connectivity index is 1.58. The molecule has 4 heteroatoms. The van der Waals surface area contributed by atoms with E-state index in [1.54, 1.807) is 0 Å². The summed E-state index contributed by atoms with van der Waals surface area (Å²) in [5.41, 5.74) is 3.44. The maximum atomic E-state index is 12.5. The maximum Gasteiger partial charge on any atom is 0.321 e. The molecular formula is C20H27N3O. The van der Waals surface area contributed by atoms with Crippen molar-refractivity contribution in [3.8, 4) is 0 Å². The molecule has 1 unspecified atom stereocenters. The molecule has 1 aliphatic carbocycles. The number of urea groups is 1. The van der Waals surface area contributed by atoms with Crippen molar-refractivity contribution < 1.29 is 4.79 Å². The third-order valence-corrected chi connectivity index (χ3v) is 4.91. The summed E-state index contributed by atoms with van der Waals surface area (Å²) in [6.45, 7) is 8.90. The first-order valence-electron chi connectivity index (χ1n) is 8.75. The van der Waals surface area contributed by atoms with Crippen molar-refractivity contribution >= 4 is 11.7 Å². The molecule has 0 aromatic heterocycles. The summed E-state index contributed by atoms with van der Waals surface area (Å²) in [6.07, 6.45) is 7.72. The summed E-state index contributed by atoms with van der Waals surface area (Å²) in [6, 6.07) is 8.77. The van der Waals surface area contributed by atoms with Crippen LogP contribution in [0.15, 0.2) is 48.1 Å². The first-order valence-corrected chi connectivity index (χ1v) is 8.75. The van der Waals surface area contributed by atoms with Gasteiger partial charge in [-0.05, 0) is 44.9 Å². The fourth-order valence-electron chi connectivity index (χ4n) is 3.62. The number of carbonyl (C=O) groups excluding carboxylic acids is 1. The second kappa shape index (κ2) is 7.22. The average molecular weight is 325 g/mol. The number of hydrogen-bond donors (Lipinski definition) is 1. The van der Waals surface area contributed by atoms with Gasteiger partial charge in [-0.25, -0.2) is 4.79 Å². The second-order valence-electron chi connectivity index (χ2n) is 7.00. The number of benzene rings is 1.